The first-order valence-electron chi connectivity index (χ1n) is 6.96. The van der Waals surface area contributed by atoms with Crippen LogP contribution in [0.3, 0.4) is 0 Å². The van der Waals surface area contributed by atoms with Gasteiger partial charge in [0.2, 0.25) is 0 Å². The van der Waals surface area contributed by atoms with Gasteiger partial charge in [-0.05, 0) is 61.6 Å². The molecule has 0 saturated carbocycles. The van der Waals surface area contributed by atoms with Crippen LogP contribution in [0, 0.1) is 4.77 Å². The van der Waals surface area contributed by atoms with Crippen LogP contribution in [0.5, 0.6) is 5.75 Å². The Balaban J connectivity index is 2.10. The van der Waals surface area contributed by atoms with E-state index in [0.29, 0.717) is 27.2 Å². The Morgan fingerprint density at radius 3 is 2.57 bits per heavy atom. The van der Waals surface area contributed by atoms with Crippen molar-refractivity contribution in [1.29, 1.82) is 0 Å². The molecule has 3 aromatic rings. The maximum Gasteiger partial charge on any atom is 0.200 e. The number of H-pyrrole nitrogens is 1. The zero-order chi connectivity index (χ0) is 16.4. The second-order valence-corrected chi connectivity index (χ2v) is 5.97. The fourth-order valence-electron chi connectivity index (χ4n) is 2.25. The summed E-state index contributed by atoms with van der Waals surface area (Å²) in [5.74, 6) is 1.43. The van der Waals surface area contributed by atoms with Crippen LogP contribution in [0.4, 0.5) is 0 Å². The summed E-state index contributed by atoms with van der Waals surface area (Å²) in [5, 5.41) is 8.19. The minimum absolute atomic E-state index is 0.482. The second-order valence-electron chi connectivity index (χ2n) is 4.74. The van der Waals surface area contributed by atoms with Crippen molar-refractivity contribution < 1.29 is 4.74 Å². The number of ether oxygens (including phenoxy) is 1. The molecule has 0 radical (unpaired) electrons. The molecular formula is C16H13Cl2N3OS. The van der Waals surface area contributed by atoms with Gasteiger partial charge < -0.3 is 4.74 Å². The average Bonchev–Trinajstić information content (AvgIpc) is 2.90. The predicted molar refractivity (Wildman–Crippen MR) is 95.4 cm³/mol. The van der Waals surface area contributed by atoms with Crippen LogP contribution in [0.1, 0.15) is 6.92 Å². The Bertz CT molecular complexity index is 887. The number of nitrogens with zero attached hydrogens (tertiary/aromatic N) is 2. The first-order valence-corrected chi connectivity index (χ1v) is 8.12. The van der Waals surface area contributed by atoms with E-state index in [9.17, 15) is 0 Å². The zero-order valence-electron chi connectivity index (χ0n) is 12.2. The maximum atomic E-state index is 6.29. The number of aromatic amines is 1. The van der Waals surface area contributed by atoms with Crippen molar-refractivity contribution >= 4 is 35.4 Å². The molecule has 3 rings (SSSR count). The highest BCUT2D eigenvalue weighted by molar-refractivity contribution is 7.71. The molecule has 0 saturated heterocycles. The minimum atomic E-state index is 0.482. The second kappa shape index (κ2) is 6.74. The third-order valence-electron chi connectivity index (χ3n) is 3.25. The predicted octanol–water partition coefficient (Wildman–Crippen LogP) is 5.30. The fourth-order valence-corrected chi connectivity index (χ4v) is 2.98. The lowest BCUT2D eigenvalue weighted by atomic mass is 10.2. The highest BCUT2D eigenvalue weighted by Gasteiger charge is 2.14. The Labute approximate surface area is 148 Å². The number of hydrogen-bond acceptors (Lipinski definition) is 3. The molecule has 0 amide bonds. The molecule has 0 fully saturated rings. The van der Waals surface area contributed by atoms with Crippen LogP contribution < -0.4 is 4.74 Å². The van der Waals surface area contributed by atoms with Crippen molar-refractivity contribution in [3.05, 3.63) is 57.3 Å². The molecule has 118 valence electrons. The molecule has 0 bridgehead atoms. The van der Waals surface area contributed by atoms with Crippen molar-refractivity contribution in [1.82, 2.24) is 14.8 Å². The SMILES string of the molecule is CCOc1ccc(-n2c(-c3ccc(Cl)cc3Cl)n[nH]c2=S)cc1. The van der Waals surface area contributed by atoms with E-state index in [0.717, 1.165) is 17.0 Å². The molecule has 0 aliphatic carbocycles. The summed E-state index contributed by atoms with van der Waals surface area (Å²) in [7, 11) is 0. The molecule has 1 aromatic heterocycles. The van der Waals surface area contributed by atoms with Gasteiger partial charge in [-0.1, -0.05) is 23.2 Å². The Kier molecular flexibility index (Phi) is 4.71. The number of aromatic nitrogens is 3. The minimum Gasteiger partial charge on any atom is -0.494 e. The number of nitrogens with one attached hydrogen (secondary N) is 1. The Morgan fingerprint density at radius 2 is 1.91 bits per heavy atom. The molecule has 0 atom stereocenters. The van der Waals surface area contributed by atoms with Gasteiger partial charge in [-0.25, -0.2) is 0 Å². The van der Waals surface area contributed by atoms with Gasteiger partial charge in [-0.2, -0.15) is 5.10 Å². The quantitative estimate of drug-likeness (QED) is 0.637. The molecule has 1 N–H and O–H groups in total. The van der Waals surface area contributed by atoms with Crippen LogP contribution in [0.2, 0.25) is 10.0 Å². The van der Waals surface area contributed by atoms with E-state index >= 15 is 0 Å². The van der Waals surface area contributed by atoms with Crippen LogP contribution >= 0.6 is 35.4 Å². The van der Waals surface area contributed by atoms with Crippen LogP contribution in [0.25, 0.3) is 17.1 Å². The summed E-state index contributed by atoms with van der Waals surface area (Å²) in [5.41, 5.74) is 1.62. The van der Waals surface area contributed by atoms with Gasteiger partial charge in [0.05, 0.1) is 17.3 Å². The monoisotopic (exact) mass is 365 g/mol. The van der Waals surface area contributed by atoms with E-state index in [4.69, 9.17) is 40.2 Å². The zero-order valence-corrected chi connectivity index (χ0v) is 14.5. The molecule has 2 aromatic carbocycles. The van der Waals surface area contributed by atoms with Crippen LogP contribution in [0.15, 0.2) is 42.5 Å². The smallest absolute Gasteiger partial charge is 0.200 e. The lowest BCUT2D eigenvalue weighted by Crippen LogP contribution is -1.99. The van der Waals surface area contributed by atoms with Gasteiger partial charge in [0, 0.05) is 10.6 Å². The highest BCUT2D eigenvalue weighted by Crippen LogP contribution is 2.31. The van der Waals surface area contributed by atoms with E-state index in [2.05, 4.69) is 10.2 Å². The summed E-state index contributed by atoms with van der Waals surface area (Å²) in [4.78, 5) is 0. The lowest BCUT2D eigenvalue weighted by molar-refractivity contribution is 0.340. The van der Waals surface area contributed by atoms with Crippen molar-refractivity contribution in [2.24, 2.45) is 0 Å². The normalized spacial score (nSPS) is 10.7. The third kappa shape index (κ3) is 3.27. The molecule has 23 heavy (non-hydrogen) atoms. The van der Waals surface area contributed by atoms with Crippen LogP contribution in [-0.4, -0.2) is 21.4 Å². The van der Waals surface area contributed by atoms with Gasteiger partial charge in [0.25, 0.3) is 0 Å². The summed E-state index contributed by atoms with van der Waals surface area (Å²) in [6, 6.07) is 12.9. The molecule has 7 heteroatoms. The lowest BCUT2D eigenvalue weighted by Gasteiger charge is -2.09. The molecule has 0 aliphatic rings. The van der Waals surface area contributed by atoms with Gasteiger partial charge in [0.15, 0.2) is 10.6 Å². The van der Waals surface area contributed by atoms with E-state index in [1.165, 1.54) is 0 Å². The number of benzene rings is 2. The number of hydrogen-bond donors (Lipinski definition) is 1. The molecule has 4 nitrogen and oxygen atoms in total. The van der Waals surface area contributed by atoms with E-state index in [-0.39, 0.29) is 0 Å². The van der Waals surface area contributed by atoms with Crippen molar-refractivity contribution in [3.63, 3.8) is 0 Å². The third-order valence-corrected chi connectivity index (χ3v) is 4.07. The molecule has 0 aliphatic heterocycles. The van der Waals surface area contributed by atoms with Gasteiger partial charge in [-0.15, -0.1) is 0 Å². The average molecular weight is 366 g/mol. The van der Waals surface area contributed by atoms with Gasteiger partial charge >= 0.3 is 0 Å². The van der Waals surface area contributed by atoms with Crippen molar-refractivity contribution in [2.75, 3.05) is 6.61 Å². The first-order chi connectivity index (χ1) is 11.1. The number of halogens is 2. The van der Waals surface area contributed by atoms with E-state index < -0.39 is 0 Å². The van der Waals surface area contributed by atoms with E-state index in [1.807, 2.05) is 41.8 Å². The topological polar surface area (TPSA) is 42.8 Å². The fraction of sp³-hybridized carbons (Fsp3) is 0.125. The molecule has 0 spiro atoms. The highest BCUT2D eigenvalue weighted by atomic mass is 35.5. The molecule has 0 unspecified atom stereocenters. The van der Waals surface area contributed by atoms with Gasteiger partial charge in [0.1, 0.15) is 5.75 Å². The summed E-state index contributed by atoms with van der Waals surface area (Å²) < 4.78 is 7.76. The standard InChI is InChI=1S/C16H13Cl2N3OS/c1-2-22-12-6-4-11(5-7-12)21-15(19-20-16(21)23)13-8-3-10(17)9-14(13)18/h3-9H,2H2,1H3,(H,20,23). The molecular weight excluding hydrogens is 353 g/mol. The molecule has 1 heterocycles. The largest absolute Gasteiger partial charge is 0.494 e. The van der Waals surface area contributed by atoms with Crippen molar-refractivity contribution in [3.8, 4) is 22.8 Å². The van der Waals surface area contributed by atoms with E-state index in [1.54, 1.807) is 12.1 Å². The van der Waals surface area contributed by atoms with Crippen LogP contribution in [-0.2, 0) is 0 Å². The Morgan fingerprint density at radius 1 is 1.17 bits per heavy atom. The Hall–Kier alpha value is -1.82. The first kappa shape index (κ1) is 16.1. The van der Waals surface area contributed by atoms with Crippen molar-refractivity contribution in [2.45, 2.75) is 6.92 Å². The summed E-state index contributed by atoms with van der Waals surface area (Å²) in [6.07, 6.45) is 0. The summed E-state index contributed by atoms with van der Waals surface area (Å²) >= 11 is 17.6. The van der Waals surface area contributed by atoms with Gasteiger partial charge in [-0.3, -0.25) is 9.67 Å². The maximum absolute atomic E-state index is 6.29. The summed E-state index contributed by atoms with van der Waals surface area (Å²) in [6.45, 7) is 2.57. The number of rotatable bonds is 4.